The number of nitrogens with zero attached hydrogens (tertiary/aromatic N) is 2. The number of amides is 1. The van der Waals surface area contributed by atoms with Crippen molar-refractivity contribution in [1.29, 1.82) is 0 Å². The molecular weight excluding hydrogens is 540 g/mol. The number of benzene rings is 3. The first kappa shape index (κ1) is 24.6. The van der Waals surface area contributed by atoms with Gasteiger partial charge in [-0.05, 0) is 48.4 Å². The lowest BCUT2D eigenvalue weighted by Crippen LogP contribution is -2.39. The third-order valence-corrected chi connectivity index (χ3v) is 8.11. The minimum absolute atomic E-state index is 0.131. The van der Waals surface area contributed by atoms with Gasteiger partial charge in [-0.1, -0.05) is 41.4 Å². The van der Waals surface area contributed by atoms with E-state index in [2.05, 4.69) is 15.2 Å². The molecule has 3 unspecified atom stereocenters. The summed E-state index contributed by atoms with van der Waals surface area (Å²) >= 11 is 12.5. The molecule has 9 heteroatoms. The van der Waals surface area contributed by atoms with Crippen LogP contribution < -0.4 is 15.0 Å². The lowest BCUT2D eigenvalue weighted by atomic mass is 9.97. The number of para-hydroxylation sites is 1. The number of pyridine rings is 1. The maximum Gasteiger partial charge on any atom is 0.255 e. The molecule has 39 heavy (non-hydrogen) atoms. The summed E-state index contributed by atoms with van der Waals surface area (Å²) in [6, 6.07) is 15.8. The fourth-order valence-corrected chi connectivity index (χ4v) is 6.34. The normalized spacial score (nSPS) is 21.6. The second kappa shape index (κ2) is 9.66. The van der Waals surface area contributed by atoms with Crippen molar-refractivity contribution in [3.8, 4) is 16.9 Å². The standard InChI is InChI=1S/C30H24Cl2FN3O3/c31-17-11-16(12-18(32)13-17)27-22(33)6-5-20-28(27)34-15-21(29(20)36-8-10-39-26-14-24(26)36)30(37)35-23-7-9-38-25-4-2-1-3-19(23)25/h1-6,11-13,15,23-24,26H,7-10,14H2,(H,35,37). The zero-order valence-corrected chi connectivity index (χ0v) is 22.3. The number of anilines is 1. The number of halogens is 3. The van der Waals surface area contributed by atoms with Crippen LogP contribution in [0.2, 0.25) is 10.0 Å². The van der Waals surface area contributed by atoms with Gasteiger partial charge in [0.25, 0.3) is 5.91 Å². The monoisotopic (exact) mass is 563 g/mol. The molecule has 7 rings (SSSR count). The lowest BCUT2D eigenvalue weighted by Gasteiger charge is -2.32. The molecule has 1 saturated carbocycles. The van der Waals surface area contributed by atoms with Gasteiger partial charge in [0.15, 0.2) is 0 Å². The number of rotatable bonds is 4. The van der Waals surface area contributed by atoms with Crippen LogP contribution in [0.25, 0.3) is 22.0 Å². The van der Waals surface area contributed by atoms with Crippen molar-refractivity contribution in [2.75, 3.05) is 24.7 Å². The predicted octanol–water partition coefficient (Wildman–Crippen LogP) is 6.58. The van der Waals surface area contributed by atoms with Gasteiger partial charge < -0.3 is 19.7 Å². The molecule has 1 aromatic heterocycles. The van der Waals surface area contributed by atoms with Gasteiger partial charge in [0.05, 0.1) is 48.2 Å². The number of carbonyl (C=O) groups is 1. The first-order valence-electron chi connectivity index (χ1n) is 13.0. The van der Waals surface area contributed by atoms with Crippen molar-refractivity contribution in [1.82, 2.24) is 10.3 Å². The van der Waals surface area contributed by atoms with Gasteiger partial charge in [-0.2, -0.15) is 0 Å². The van der Waals surface area contributed by atoms with Crippen LogP contribution in [0.15, 0.2) is 60.8 Å². The molecule has 2 aliphatic heterocycles. The fourth-order valence-electron chi connectivity index (χ4n) is 5.82. The van der Waals surface area contributed by atoms with E-state index in [4.69, 9.17) is 32.7 Å². The Morgan fingerprint density at radius 2 is 1.90 bits per heavy atom. The zero-order valence-electron chi connectivity index (χ0n) is 20.8. The second-order valence-corrected chi connectivity index (χ2v) is 11.0. The zero-order chi connectivity index (χ0) is 26.7. The van der Waals surface area contributed by atoms with E-state index in [1.807, 2.05) is 24.3 Å². The molecule has 198 valence electrons. The fraction of sp³-hybridized carbons (Fsp3) is 0.267. The van der Waals surface area contributed by atoms with E-state index in [9.17, 15) is 4.79 Å². The Bertz CT molecular complexity index is 1610. The Morgan fingerprint density at radius 3 is 2.74 bits per heavy atom. The number of hydrogen-bond donors (Lipinski definition) is 1. The van der Waals surface area contributed by atoms with Crippen molar-refractivity contribution in [3.63, 3.8) is 0 Å². The molecule has 2 fully saturated rings. The van der Waals surface area contributed by atoms with Crippen molar-refractivity contribution in [2.45, 2.75) is 31.0 Å². The van der Waals surface area contributed by atoms with Crippen molar-refractivity contribution >= 4 is 45.7 Å². The maximum atomic E-state index is 15.4. The number of nitrogens with one attached hydrogen (secondary N) is 1. The summed E-state index contributed by atoms with van der Waals surface area (Å²) in [5.74, 6) is 0.100. The topological polar surface area (TPSA) is 63.7 Å². The van der Waals surface area contributed by atoms with Gasteiger partial charge in [-0.3, -0.25) is 9.78 Å². The third-order valence-electron chi connectivity index (χ3n) is 7.67. The summed E-state index contributed by atoms with van der Waals surface area (Å²) in [5, 5.41) is 4.70. The number of hydrogen-bond acceptors (Lipinski definition) is 5. The molecule has 3 heterocycles. The van der Waals surface area contributed by atoms with Gasteiger partial charge >= 0.3 is 0 Å². The molecule has 3 aromatic carbocycles. The van der Waals surface area contributed by atoms with E-state index < -0.39 is 5.82 Å². The number of fused-ring (bicyclic) bond motifs is 3. The smallest absolute Gasteiger partial charge is 0.255 e. The van der Waals surface area contributed by atoms with Crippen LogP contribution in [-0.2, 0) is 4.74 Å². The molecule has 1 aliphatic carbocycles. The summed E-state index contributed by atoms with van der Waals surface area (Å²) in [6.07, 6.45) is 3.23. The average Bonchev–Trinajstić information content (AvgIpc) is 3.72. The van der Waals surface area contributed by atoms with E-state index in [-0.39, 0.29) is 24.1 Å². The van der Waals surface area contributed by atoms with Crippen LogP contribution >= 0.6 is 23.2 Å². The van der Waals surface area contributed by atoms with E-state index in [1.54, 1.807) is 30.5 Å². The molecule has 1 N–H and O–H groups in total. The van der Waals surface area contributed by atoms with Crippen LogP contribution in [-0.4, -0.2) is 42.8 Å². The highest BCUT2D eigenvalue weighted by Gasteiger charge is 2.47. The molecule has 1 saturated heterocycles. The SMILES string of the molecule is O=C(NC1CCOc2ccccc21)c1cnc2c(-c3cc(Cl)cc(Cl)c3)c(F)ccc2c1N1CCOC2CC21. The molecule has 6 nitrogen and oxygen atoms in total. The van der Waals surface area contributed by atoms with Crippen LogP contribution in [0.1, 0.15) is 34.8 Å². The van der Waals surface area contributed by atoms with Crippen molar-refractivity contribution < 1.29 is 18.7 Å². The number of carbonyl (C=O) groups excluding carboxylic acids is 1. The number of ether oxygens (including phenoxy) is 2. The quantitative estimate of drug-likeness (QED) is 0.304. The maximum absolute atomic E-state index is 15.4. The second-order valence-electron chi connectivity index (χ2n) is 10.1. The van der Waals surface area contributed by atoms with Crippen LogP contribution in [0.4, 0.5) is 10.1 Å². The van der Waals surface area contributed by atoms with Gasteiger partial charge in [0.1, 0.15) is 11.6 Å². The van der Waals surface area contributed by atoms with Crippen LogP contribution in [0.3, 0.4) is 0 Å². The summed E-state index contributed by atoms with van der Waals surface area (Å²) in [6.45, 7) is 1.69. The highest BCUT2D eigenvalue weighted by molar-refractivity contribution is 6.35. The first-order valence-corrected chi connectivity index (χ1v) is 13.7. The number of morpholine rings is 1. The Morgan fingerprint density at radius 1 is 1.08 bits per heavy atom. The van der Waals surface area contributed by atoms with Crippen molar-refractivity contribution in [2.24, 2.45) is 0 Å². The highest BCUT2D eigenvalue weighted by atomic mass is 35.5. The van der Waals surface area contributed by atoms with Crippen LogP contribution in [0, 0.1) is 5.82 Å². The summed E-state index contributed by atoms with van der Waals surface area (Å²) < 4.78 is 27.0. The molecule has 0 radical (unpaired) electrons. The highest BCUT2D eigenvalue weighted by Crippen LogP contribution is 2.44. The van der Waals surface area contributed by atoms with Gasteiger partial charge in [0, 0.05) is 45.7 Å². The van der Waals surface area contributed by atoms with Crippen LogP contribution in [0.5, 0.6) is 5.75 Å². The Kier molecular flexibility index (Phi) is 6.10. The minimum atomic E-state index is -0.443. The van der Waals surface area contributed by atoms with Gasteiger partial charge in [0.2, 0.25) is 0 Å². The lowest BCUT2D eigenvalue weighted by molar-refractivity contribution is 0.0920. The summed E-state index contributed by atoms with van der Waals surface area (Å²) in [5.41, 5.74) is 3.40. The molecule has 1 amide bonds. The van der Waals surface area contributed by atoms with Gasteiger partial charge in [-0.15, -0.1) is 0 Å². The van der Waals surface area contributed by atoms with E-state index in [0.717, 1.165) is 23.4 Å². The molecule has 0 bridgehead atoms. The predicted molar refractivity (Wildman–Crippen MR) is 149 cm³/mol. The molecule has 0 spiro atoms. The summed E-state index contributed by atoms with van der Waals surface area (Å²) in [4.78, 5) is 20.8. The Labute approximate surface area is 234 Å². The van der Waals surface area contributed by atoms with E-state index >= 15 is 4.39 Å². The number of aromatic nitrogens is 1. The average molecular weight is 564 g/mol. The molecule has 4 aromatic rings. The first-order chi connectivity index (χ1) is 19.0. The van der Waals surface area contributed by atoms with E-state index in [0.29, 0.717) is 63.8 Å². The molecule has 3 aliphatic rings. The summed E-state index contributed by atoms with van der Waals surface area (Å²) in [7, 11) is 0. The Hall–Kier alpha value is -3.39. The third kappa shape index (κ3) is 4.39. The largest absolute Gasteiger partial charge is 0.493 e. The van der Waals surface area contributed by atoms with Crippen molar-refractivity contribution in [3.05, 3.63) is 87.8 Å². The Balaban J connectivity index is 1.37. The van der Waals surface area contributed by atoms with E-state index in [1.165, 1.54) is 6.07 Å². The molecule has 3 atom stereocenters. The minimum Gasteiger partial charge on any atom is -0.493 e. The van der Waals surface area contributed by atoms with Gasteiger partial charge in [-0.25, -0.2) is 4.39 Å². The molecular formula is C30H24Cl2FN3O3.